The Morgan fingerprint density at radius 1 is 1.00 bits per heavy atom. The van der Waals surface area contributed by atoms with Gasteiger partial charge < -0.3 is 4.90 Å². The molecule has 6 heteroatoms. The maximum atomic E-state index is 4.46. The molecule has 1 aliphatic rings. The molecule has 1 saturated carbocycles. The van der Waals surface area contributed by atoms with Crippen molar-refractivity contribution in [3.8, 4) is 0 Å². The van der Waals surface area contributed by atoms with Gasteiger partial charge in [-0.15, -0.1) is 5.10 Å². The maximum absolute atomic E-state index is 4.46. The van der Waals surface area contributed by atoms with Gasteiger partial charge in [0.2, 0.25) is 5.82 Å². The third kappa shape index (κ3) is 4.44. The Hall–Kier alpha value is -2.60. The van der Waals surface area contributed by atoms with E-state index in [9.17, 15) is 0 Å². The Kier molecular flexibility index (Phi) is 6.07. The van der Waals surface area contributed by atoms with E-state index in [0.717, 1.165) is 18.9 Å². The van der Waals surface area contributed by atoms with Crippen LogP contribution in [0.1, 0.15) is 68.1 Å². The fraction of sp³-hybridized carbons (Fsp3) is 0.455. The van der Waals surface area contributed by atoms with Gasteiger partial charge in [0.1, 0.15) is 19.1 Å². The predicted molar refractivity (Wildman–Crippen MR) is 107 cm³/mol. The molecule has 146 valence electrons. The van der Waals surface area contributed by atoms with Gasteiger partial charge in [0, 0.05) is 23.5 Å². The van der Waals surface area contributed by atoms with Gasteiger partial charge in [0.05, 0.1) is 6.04 Å². The molecule has 2 heterocycles. The molecule has 0 amide bonds. The third-order valence-electron chi connectivity index (χ3n) is 5.87. The topological polar surface area (TPSA) is 60.9 Å². The van der Waals surface area contributed by atoms with Gasteiger partial charge in [-0.2, -0.15) is 0 Å². The first-order valence-electron chi connectivity index (χ1n) is 10.4. The third-order valence-corrected chi connectivity index (χ3v) is 5.87. The molecule has 0 bridgehead atoms. The number of aromatic nitrogens is 5. The second kappa shape index (κ2) is 9.06. The monoisotopic (exact) mass is 377 g/mol. The van der Waals surface area contributed by atoms with Crippen molar-refractivity contribution < 1.29 is 4.90 Å². The molecule has 3 aromatic rings. The van der Waals surface area contributed by atoms with Crippen molar-refractivity contribution in [1.82, 2.24) is 25.2 Å². The number of hydrogen-bond donors (Lipinski definition) is 1. The van der Waals surface area contributed by atoms with Crippen LogP contribution in [0.3, 0.4) is 0 Å². The zero-order valence-corrected chi connectivity index (χ0v) is 16.5. The highest BCUT2D eigenvalue weighted by atomic mass is 15.6. The van der Waals surface area contributed by atoms with Crippen LogP contribution in [-0.2, 0) is 13.1 Å². The van der Waals surface area contributed by atoms with Crippen LogP contribution < -0.4 is 4.90 Å². The summed E-state index contributed by atoms with van der Waals surface area (Å²) in [6.45, 7) is 4.06. The highest BCUT2D eigenvalue weighted by molar-refractivity contribution is 5.13. The molecule has 2 aromatic heterocycles. The minimum Gasteiger partial charge on any atom is -0.319 e. The van der Waals surface area contributed by atoms with E-state index in [1.807, 2.05) is 18.5 Å². The number of hydrogen-bond acceptors (Lipinski definition) is 4. The fourth-order valence-corrected chi connectivity index (χ4v) is 4.25. The maximum Gasteiger partial charge on any atom is 0.209 e. The van der Waals surface area contributed by atoms with E-state index in [1.54, 1.807) is 0 Å². The lowest BCUT2D eigenvalue weighted by Crippen LogP contribution is -3.09. The summed E-state index contributed by atoms with van der Waals surface area (Å²) in [5, 5.41) is 12.9. The molecule has 28 heavy (non-hydrogen) atoms. The van der Waals surface area contributed by atoms with E-state index in [0.29, 0.717) is 6.04 Å². The van der Waals surface area contributed by atoms with Crippen LogP contribution >= 0.6 is 0 Å². The van der Waals surface area contributed by atoms with Crippen LogP contribution in [0.4, 0.5) is 0 Å². The largest absolute Gasteiger partial charge is 0.319 e. The number of pyridine rings is 1. The van der Waals surface area contributed by atoms with E-state index >= 15 is 0 Å². The standard InChI is InChI=1S/C22H28N6/c1-18(22-24-25-26-28(22)21-12-6-3-7-13-21)27(16-19-9-4-2-5-10-19)17-20-11-8-14-23-15-20/h2,4-5,8-11,14-15,18,21H,3,6-7,12-13,16-17H2,1H3/p+1/t18-/m1/s1. The number of benzene rings is 1. The summed E-state index contributed by atoms with van der Waals surface area (Å²) in [6, 6.07) is 15.5. The number of nitrogens with zero attached hydrogens (tertiary/aromatic N) is 5. The van der Waals surface area contributed by atoms with Crippen LogP contribution in [0.2, 0.25) is 0 Å². The van der Waals surface area contributed by atoms with Crippen LogP contribution in [-0.4, -0.2) is 25.2 Å². The Morgan fingerprint density at radius 2 is 1.75 bits per heavy atom. The number of tetrazole rings is 1. The normalized spacial score (nSPS) is 17.3. The molecular weight excluding hydrogens is 348 g/mol. The van der Waals surface area contributed by atoms with Gasteiger partial charge in [-0.1, -0.05) is 55.7 Å². The average molecular weight is 378 g/mol. The van der Waals surface area contributed by atoms with Gasteiger partial charge in [-0.3, -0.25) is 4.98 Å². The highest BCUT2D eigenvalue weighted by Gasteiger charge is 2.29. The smallest absolute Gasteiger partial charge is 0.209 e. The minimum absolute atomic E-state index is 0.192. The average Bonchev–Trinajstić information content (AvgIpc) is 3.25. The first-order valence-corrected chi connectivity index (χ1v) is 10.4. The summed E-state index contributed by atoms with van der Waals surface area (Å²) in [5.74, 6) is 1.00. The van der Waals surface area contributed by atoms with Crippen molar-refractivity contribution in [3.05, 3.63) is 71.8 Å². The van der Waals surface area contributed by atoms with Crippen LogP contribution in [0.25, 0.3) is 0 Å². The lowest BCUT2D eigenvalue weighted by Gasteiger charge is -2.28. The van der Waals surface area contributed by atoms with Crippen molar-refractivity contribution >= 4 is 0 Å². The van der Waals surface area contributed by atoms with Gasteiger partial charge in [-0.25, -0.2) is 4.68 Å². The Labute approximate surface area is 166 Å². The van der Waals surface area contributed by atoms with Crippen molar-refractivity contribution in [2.24, 2.45) is 0 Å². The summed E-state index contributed by atoms with van der Waals surface area (Å²) >= 11 is 0. The second-order valence-electron chi connectivity index (χ2n) is 7.85. The van der Waals surface area contributed by atoms with Crippen molar-refractivity contribution in [2.45, 2.75) is 64.2 Å². The molecule has 1 unspecified atom stereocenters. The van der Waals surface area contributed by atoms with Crippen LogP contribution in [0.5, 0.6) is 0 Å². The fourth-order valence-electron chi connectivity index (χ4n) is 4.25. The number of quaternary nitrogens is 1. The molecule has 6 nitrogen and oxygen atoms in total. The predicted octanol–water partition coefficient (Wildman–Crippen LogP) is 2.92. The quantitative estimate of drug-likeness (QED) is 0.688. The van der Waals surface area contributed by atoms with E-state index in [4.69, 9.17) is 0 Å². The highest BCUT2D eigenvalue weighted by Crippen LogP contribution is 2.28. The van der Waals surface area contributed by atoms with Crippen molar-refractivity contribution in [1.29, 1.82) is 0 Å². The lowest BCUT2D eigenvalue weighted by atomic mass is 9.95. The van der Waals surface area contributed by atoms with Crippen LogP contribution in [0.15, 0.2) is 54.9 Å². The molecular formula is C22H29N6+. The zero-order valence-electron chi connectivity index (χ0n) is 16.5. The first-order chi connectivity index (χ1) is 13.8. The first kappa shape index (κ1) is 18.7. The van der Waals surface area contributed by atoms with Crippen molar-refractivity contribution in [3.63, 3.8) is 0 Å². The summed E-state index contributed by atoms with van der Waals surface area (Å²) in [4.78, 5) is 5.72. The molecule has 0 saturated heterocycles. The van der Waals surface area contributed by atoms with Gasteiger partial charge in [0.15, 0.2) is 0 Å². The summed E-state index contributed by atoms with van der Waals surface area (Å²) in [6.07, 6.45) is 10.0. The minimum atomic E-state index is 0.192. The Morgan fingerprint density at radius 3 is 2.50 bits per heavy atom. The molecule has 2 atom stereocenters. The SMILES string of the molecule is C[C@H](c1nnnn1C1CCCCC1)[NH+](Cc1ccccc1)Cc1cccnc1. The van der Waals surface area contributed by atoms with E-state index in [2.05, 4.69) is 68.5 Å². The van der Waals surface area contributed by atoms with Gasteiger partial charge in [-0.05, 0) is 36.3 Å². The summed E-state index contributed by atoms with van der Waals surface area (Å²) < 4.78 is 2.11. The number of rotatable bonds is 7. The van der Waals surface area contributed by atoms with E-state index in [-0.39, 0.29) is 6.04 Å². The molecule has 1 N–H and O–H groups in total. The molecule has 0 radical (unpaired) electrons. The van der Waals surface area contributed by atoms with Crippen molar-refractivity contribution in [2.75, 3.05) is 0 Å². The van der Waals surface area contributed by atoms with Gasteiger partial charge in [0.25, 0.3) is 0 Å². The van der Waals surface area contributed by atoms with E-state index < -0.39 is 0 Å². The summed E-state index contributed by atoms with van der Waals surface area (Å²) in [5.41, 5.74) is 2.56. The Balaban J connectivity index is 1.59. The Bertz CT molecular complexity index is 800. The zero-order chi connectivity index (χ0) is 19.2. The van der Waals surface area contributed by atoms with Crippen LogP contribution in [0, 0.1) is 0 Å². The number of nitrogens with one attached hydrogen (secondary N) is 1. The molecule has 1 aliphatic carbocycles. The molecule has 0 aliphatic heterocycles. The molecule has 1 fully saturated rings. The summed E-state index contributed by atoms with van der Waals surface area (Å²) in [7, 11) is 0. The molecule has 1 aromatic carbocycles. The second-order valence-corrected chi connectivity index (χ2v) is 7.85. The lowest BCUT2D eigenvalue weighted by molar-refractivity contribution is -0.957. The van der Waals surface area contributed by atoms with Gasteiger partial charge >= 0.3 is 0 Å². The van der Waals surface area contributed by atoms with E-state index in [1.165, 1.54) is 48.1 Å². The molecule has 0 spiro atoms. The molecule has 4 rings (SSSR count).